The summed E-state index contributed by atoms with van der Waals surface area (Å²) < 4.78 is 7.34. The van der Waals surface area contributed by atoms with Gasteiger partial charge in [0.25, 0.3) is 0 Å². The molecule has 0 N–H and O–H groups in total. The molecule has 0 atom stereocenters. The minimum absolute atomic E-state index is 0.636. The smallest absolute Gasteiger partial charge is 0.198 e. The Hall–Kier alpha value is -2.84. The summed E-state index contributed by atoms with van der Waals surface area (Å²) in [6.07, 6.45) is 3.50. The van der Waals surface area contributed by atoms with Gasteiger partial charge in [0.05, 0.1) is 0 Å². The summed E-state index contributed by atoms with van der Waals surface area (Å²) >= 11 is 2.82. The van der Waals surface area contributed by atoms with E-state index >= 15 is 0 Å². The van der Waals surface area contributed by atoms with Crippen molar-refractivity contribution in [3.05, 3.63) is 67.0 Å². The molecular weight excluding hydrogens is 376 g/mol. The molecule has 0 bridgehead atoms. The van der Waals surface area contributed by atoms with Crippen molar-refractivity contribution in [2.24, 2.45) is 0 Å². The minimum Gasteiger partial charge on any atom is -0.298 e. The highest BCUT2D eigenvalue weighted by molar-refractivity contribution is 8.00. The topological polar surface area (TPSA) is 69.4 Å². The highest BCUT2D eigenvalue weighted by Crippen LogP contribution is 2.32. The van der Waals surface area contributed by atoms with Gasteiger partial charge >= 0.3 is 0 Å². The number of rotatable bonds is 6. The summed E-state index contributed by atoms with van der Waals surface area (Å²) in [4.78, 5) is 8.71. The molecule has 1 aromatic carbocycles. The van der Waals surface area contributed by atoms with E-state index in [1.54, 1.807) is 12.4 Å². The molecule has 0 aliphatic carbocycles. The Balaban J connectivity index is 1.65. The lowest BCUT2D eigenvalue weighted by atomic mass is 10.2. The van der Waals surface area contributed by atoms with Crippen molar-refractivity contribution in [3.63, 3.8) is 0 Å². The van der Waals surface area contributed by atoms with Crippen LogP contribution in [0.15, 0.2) is 76.5 Å². The zero-order valence-electron chi connectivity index (χ0n) is 14.6. The standard InChI is InChI=1S/C19H16N6S2/c1-13(2)12-25-17(15-8-10-20-11-9-15)22-23-18(25)26-19-21-16(24-27-19)14-6-4-3-5-7-14/h3-11H,1,12H2,2H3. The van der Waals surface area contributed by atoms with Crippen LogP contribution in [0.4, 0.5) is 0 Å². The monoisotopic (exact) mass is 392 g/mol. The second-order valence-electron chi connectivity index (χ2n) is 5.94. The number of nitrogens with zero attached hydrogens (tertiary/aromatic N) is 6. The van der Waals surface area contributed by atoms with Gasteiger partial charge in [0.2, 0.25) is 0 Å². The van der Waals surface area contributed by atoms with Crippen molar-refractivity contribution in [3.8, 4) is 22.8 Å². The van der Waals surface area contributed by atoms with Gasteiger partial charge in [0.15, 0.2) is 21.1 Å². The average Bonchev–Trinajstić information content (AvgIpc) is 3.31. The maximum atomic E-state index is 4.63. The van der Waals surface area contributed by atoms with E-state index in [1.165, 1.54) is 23.3 Å². The van der Waals surface area contributed by atoms with E-state index < -0.39 is 0 Å². The maximum absolute atomic E-state index is 4.63. The summed E-state index contributed by atoms with van der Waals surface area (Å²) in [5.41, 5.74) is 2.99. The van der Waals surface area contributed by atoms with Crippen molar-refractivity contribution in [1.29, 1.82) is 0 Å². The van der Waals surface area contributed by atoms with Crippen LogP contribution in [0.1, 0.15) is 6.92 Å². The molecule has 0 aliphatic rings. The number of hydrogen-bond acceptors (Lipinski definition) is 7. The van der Waals surface area contributed by atoms with Crippen LogP contribution in [-0.2, 0) is 6.54 Å². The van der Waals surface area contributed by atoms with Crippen molar-refractivity contribution in [1.82, 2.24) is 29.1 Å². The van der Waals surface area contributed by atoms with Gasteiger partial charge in [0.1, 0.15) is 0 Å². The Morgan fingerprint density at radius 2 is 1.85 bits per heavy atom. The lowest BCUT2D eigenvalue weighted by Gasteiger charge is -2.09. The Bertz CT molecular complexity index is 1060. The summed E-state index contributed by atoms with van der Waals surface area (Å²) in [5, 5.41) is 9.52. The first kappa shape index (κ1) is 17.6. The SMILES string of the molecule is C=C(C)Cn1c(Sc2nc(-c3ccccc3)ns2)nnc1-c1ccncc1. The Kier molecular flexibility index (Phi) is 5.08. The molecule has 3 heterocycles. The normalized spacial score (nSPS) is 10.9. The van der Waals surface area contributed by atoms with Gasteiger partial charge in [-0.1, -0.05) is 42.5 Å². The van der Waals surface area contributed by atoms with E-state index in [0.717, 1.165) is 37.8 Å². The molecule has 0 saturated heterocycles. The third-order valence-electron chi connectivity index (χ3n) is 3.70. The van der Waals surface area contributed by atoms with Crippen LogP contribution < -0.4 is 0 Å². The van der Waals surface area contributed by atoms with Crippen molar-refractivity contribution in [2.45, 2.75) is 23.0 Å². The maximum Gasteiger partial charge on any atom is 0.198 e. The van der Waals surface area contributed by atoms with Gasteiger partial charge < -0.3 is 0 Å². The van der Waals surface area contributed by atoms with Gasteiger partial charge in [-0.05, 0) is 42.4 Å². The second-order valence-corrected chi connectivity index (χ2v) is 7.90. The quantitative estimate of drug-likeness (QED) is 0.447. The van der Waals surface area contributed by atoms with E-state index in [4.69, 9.17) is 0 Å². The molecule has 0 fully saturated rings. The third-order valence-corrected chi connectivity index (χ3v) is 5.44. The molecule has 27 heavy (non-hydrogen) atoms. The summed E-state index contributed by atoms with van der Waals surface area (Å²) in [5.74, 6) is 1.51. The number of hydrogen-bond donors (Lipinski definition) is 0. The number of pyridine rings is 1. The molecule has 0 unspecified atom stereocenters. The van der Waals surface area contributed by atoms with Gasteiger partial charge in [-0.15, -0.1) is 10.2 Å². The first-order chi connectivity index (χ1) is 13.2. The molecule has 0 spiro atoms. The molecule has 4 rings (SSSR count). The van der Waals surface area contributed by atoms with Crippen LogP contribution in [0, 0.1) is 0 Å². The molecular formula is C19H16N6S2. The first-order valence-electron chi connectivity index (χ1n) is 8.25. The predicted octanol–water partition coefficient (Wildman–Crippen LogP) is 4.59. The summed E-state index contributed by atoms with van der Waals surface area (Å²) in [6, 6.07) is 13.8. The van der Waals surface area contributed by atoms with Crippen LogP contribution in [0.5, 0.6) is 0 Å². The summed E-state index contributed by atoms with van der Waals surface area (Å²) in [7, 11) is 0. The second kappa shape index (κ2) is 7.81. The van der Waals surface area contributed by atoms with E-state index in [0.29, 0.717) is 6.54 Å². The molecule has 134 valence electrons. The predicted molar refractivity (Wildman–Crippen MR) is 108 cm³/mol. The average molecular weight is 393 g/mol. The van der Waals surface area contributed by atoms with Crippen molar-refractivity contribution < 1.29 is 0 Å². The van der Waals surface area contributed by atoms with Gasteiger partial charge in [-0.3, -0.25) is 9.55 Å². The molecule has 6 nitrogen and oxygen atoms in total. The van der Waals surface area contributed by atoms with Crippen LogP contribution in [-0.4, -0.2) is 29.1 Å². The fourth-order valence-electron chi connectivity index (χ4n) is 2.52. The van der Waals surface area contributed by atoms with Crippen molar-refractivity contribution >= 4 is 23.3 Å². The zero-order chi connectivity index (χ0) is 18.6. The fourth-order valence-corrected chi connectivity index (χ4v) is 4.08. The van der Waals surface area contributed by atoms with Crippen LogP contribution >= 0.6 is 23.3 Å². The highest BCUT2D eigenvalue weighted by Gasteiger charge is 2.17. The number of allylic oxidation sites excluding steroid dienone is 1. The Labute approximate surface area is 165 Å². The lowest BCUT2D eigenvalue weighted by molar-refractivity contribution is 0.706. The van der Waals surface area contributed by atoms with Gasteiger partial charge in [-0.2, -0.15) is 4.37 Å². The van der Waals surface area contributed by atoms with E-state index in [9.17, 15) is 0 Å². The number of benzene rings is 1. The van der Waals surface area contributed by atoms with Crippen LogP contribution in [0.25, 0.3) is 22.8 Å². The molecule has 3 aromatic heterocycles. The van der Waals surface area contributed by atoms with E-state index in [1.807, 2.05) is 54.0 Å². The van der Waals surface area contributed by atoms with Gasteiger partial charge in [-0.25, -0.2) is 4.98 Å². The molecule has 4 aromatic rings. The van der Waals surface area contributed by atoms with Crippen LogP contribution in [0.2, 0.25) is 0 Å². The van der Waals surface area contributed by atoms with Gasteiger partial charge in [0, 0.05) is 30.1 Å². The lowest BCUT2D eigenvalue weighted by Crippen LogP contribution is -2.03. The largest absolute Gasteiger partial charge is 0.298 e. The molecule has 0 radical (unpaired) electrons. The third kappa shape index (κ3) is 3.96. The summed E-state index contributed by atoms with van der Waals surface area (Å²) in [6.45, 7) is 6.66. The number of aromatic nitrogens is 6. The zero-order valence-corrected chi connectivity index (χ0v) is 16.2. The Morgan fingerprint density at radius 1 is 1.07 bits per heavy atom. The molecule has 0 saturated carbocycles. The first-order valence-corrected chi connectivity index (χ1v) is 9.84. The minimum atomic E-state index is 0.636. The Morgan fingerprint density at radius 3 is 2.59 bits per heavy atom. The van der Waals surface area contributed by atoms with Crippen molar-refractivity contribution in [2.75, 3.05) is 0 Å². The van der Waals surface area contributed by atoms with E-state index in [2.05, 4.69) is 31.1 Å². The van der Waals surface area contributed by atoms with Crippen LogP contribution in [0.3, 0.4) is 0 Å². The van der Waals surface area contributed by atoms with E-state index in [-0.39, 0.29) is 0 Å². The fraction of sp³-hybridized carbons (Fsp3) is 0.105. The molecule has 0 amide bonds. The molecule has 0 aliphatic heterocycles. The molecule has 8 heteroatoms. The highest BCUT2D eigenvalue weighted by atomic mass is 32.2.